The van der Waals surface area contributed by atoms with Gasteiger partial charge in [-0.15, -0.1) is 0 Å². The Hall–Kier alpha value is -2.73. The Morgan fingerprint density at radius 3 is 2.41 bits per heavy atom. The lowest BCUT2D eigenvalue weighted by Gasteiger charge is -2.26. The smallest absolute Gasteiger partial charge is 0.260 e. The van der Waals surface area contributed by atoms with Gasteiger partial charge in [0.2, 0.25) is 0 Å². The van der Waals surface area contributed by atoms with Crippen molar-refractivity contribution >= 4 is 29.1 Å². The minimum absolute atomic E-state index is 0.0308. The number of amides is 2. The number of nitrogens with zero attached hydrogens (tertiary/aromatic N) is 1. The Labute approximate surface area is 175 Å². The van der Waals surface area contributed by atoms with Gasteiger partial charge in [0.25, 0.3) is 11.8 Å². The highest BCUT2D eigenvalue weighted by atomic mass is 35.5. The fourth-order valence-corrected chi connectivity index (χ4v) is 3.27. The van der Waals surface area contributed by atoms with Crippen LogP contribution in [0.15, 0.2) is 42.5 Å². The zero-order chi connectivity index (χ0) is 20.6. The maximum Gasteiger partial charge on any atom is 0.260 e. The minimum atomic E-state index is -0.274. The summed E-state index contributed by atoms with van der Waals surface area (Å²) in [5, 5.41) is 3.41. The maximum atomic E-state index is 12.5. The number of hydrogen-bond donors (Lipinski definition) is 1. The molecule has 7 heteroatoms. The first-order valence-corrected chi connectivity index (χ1v) is 10.2. The molecule has 6 nitrogen and oxygen atoms in total. The lowest BCUT2D eigenvalue weighted by atomic mass is 10.1. The van der Waals surface area contributed by atoms with Gasteiger partial charge in [0.05, 0.1) is 6.61 Å². The minimum Gasteiger partial charge on any atom is -0.490 e. The van der Waals surface area contributed by atoms with E-state index in [4.69, 9.17) is 21.1 Å². The van der Waals surface area contributed by atoms with Crippen LogP contribution in [0.4, 0.5) is 5.69 Å². The molecule has 3 rings (SSSR count). The number of halogens is 1. The number of piperidine rings is 1. The van der Waals surface area contributed by atoms with Crippen molar-refractivity contribution in [1.29, 1.82) is 0 Å². The monoisotopic (exact) mass is 416 g/mol. The van der Waals surface area contributed by atoms with Gasteiger partial charge in [-0.25, -0.2) is 0 Å². The molecule has 2 aromatic carbocycles. The van der Waals surface area contributed by atoms with E-state index in [0.717, 1.165) is 25.9 Å². The summed E-state index contributed by atoms with van der Waals surface area (Å²) in [6.45, 7) is 3.78. The molecular formula is C22H25ClN2O4. The highest BCUT2D eigenvalue weighted by molar-refractivity contribution is 6.30. The van der Waals surface area contributed by atoms with E-state index in [-0.39, 0.29) is 18.4 Å². The molecule has 0 bridgehead atoms. The molecule has 2 amide bonds. The molecule has 1 heterocycles. The van der Waals surface area contributed by atoms with Crippen LogP contribution in [0.1, 0.15) is 36.5 Å². The summed E-state index contributed by atoms with van der Waals surface area (Å²) in [6, 6.07) is 11.8. The summed E-state index contributed by atoms with van der Waals surface area (Å²) in [7, 11) is 0. The first-order chi connectivity index (χ1) is 14.1. The van der Waals surface area contributed by atoms with Crippen LogP contribution >= 0.6 is 11.6 Å². The third kappa shape index (κ3) is 5.87. The molecule has 0 atom stereocenters. The average molecular weight is 417 g/mol. The number of carbonyl (C=O) groups is 2. The van der Waals surface area contributed by atoms with Crippen LogP contribution in [-0.4, -0.2) is 43.0 Å². The van der Waals surface area contributed by atoms with Gasteiger partial charge in [-0.05, 0) is 68.7 Å². The number of benzene rings is 2. The Balaban J connectivity index is 1.66. The second-order valence-electron chi connectivity index (χ2n) is 6.79. The lowest BCUT2D eigenvalue weighted by Crippen LogP contribution is -2.38. The Morgan fingerprint density at radius 1 is 1.00 bits per heavy atom. The quantitative estimate of drug-likeness (QED) is 0.727. The second-order valence-corrected chi connectivity index (χ2v) is 7.22. The standard InChI is InChI=1S/C22H25ClN2O4/c1-2-28-20-14-16(22(27)24-18-9-7-17(23)8-10-18)6-11-19(20)29-15-21(26)25-12-4-3-5-13-25/h6-11,14H,2-5,12-13,15H2,1H3,(H,24,27). The Morgan fingerprint density at radius 2 is 1.72 bits per heavy atom. The van der Waals surface area contributed by atoms with E-state index in [0.29, 0.717) is 34.4 Å². The van der Waals surface area contributed by atoms with E-state index in [2.05, 4.69) is 5.32 Å². The molecule has 1 aliphatic rings. The largest absolute Gasteiger partial charge is 0.490 e. The average Bonchev–Trinajstić information content (AvgIpc) is 2.75. The summed E-state index contributed by atoms with van der Waals surface area (Å²) < 4.78 is 11.3. The second kappa shape index (κ2) is 10.2. The van der Waals surface area contributed by atoms with Gasteiger partial charge in [0.15, 0.2) is 18.1 Å². The molecule has 0 aromatic heterocycles. The fraction of sp³-hybridized carbons (Fsp3) is 0.364. The molecule has 1 aliphatic heterocycles. The topological polar surface area (TPSA) is 67.9 Å². The van der Waals surface area contributed by atoms with E-state index < -0.39 is 0 Å². The summed E-state index contributed by atoms with van der Waals surface area (Å²) in [5.41, 5.74) is 1.07. The molecule has 0 saturated carbocycles. The van der Waals surface area contributed by atoms with Crippen LogP contribution in [0.3, 0.4) is 0 Å². The molecule has 1 saturated heterocycles. The van der Waals surface area contributed by atoms with E-state index in [1.165, 1.54) is 6.42 Å². The van der Waals surface area contributed by atoms with Crippen LogP contribution in [0.5, 0.6) is 11.5 Å². The van der Waals surface area contributed by atoms with Gasteiger partial charge in [0, 0.05) is 29.4 Å². The molecule has 154 valence electrons. The number of anilines is 1. The summed E-state index contributed by atoms with van der Waals surface area (Å²) in [5.74, 6) is 0.573. The predicted molar refractivity (Wildman–Crippen MR) is 113 cm³/mol. The van der Waals surface area contributed by atoms with Gasteiger partial charge in [-0.3, -0.25) is 9.59 Å². The molecule has 29 heavy (non-hydrogen) atoms. The first kappa shape index (κ1) is 21.0. The third-order valence-corrected chi connectivity index (χ3v) is 4.92. The van der Waals surface area contributed by atoms with Crippen LogP contribution in [-0.2, 0) is 4.79 Å². The molecule has 0 spiro atoms. The Kier molecular flexibility index (Phi) is 7.36. The van der Waals surface area contributed by atoms with Gasteiger partial charge >= 0.3 is 0 Å². The zero-order valence-corrected chi connectivity index (χ0v) is 17.2. The normalized spacial score (nSPS) is 13.7. The third-order valence-electron chi connectivity index (χ3n) is 4.67. The van der Waals surface area contributed by atoms with E-state index >= 15 is 0 Å². The fourth-order valence-electron chi connectivity index (χ4n) is 3.15. The van der Waals surface area contributed by atoms with Gasteiger partial charge in [0.1, 0.15) is 0 Å². The van der Waals surface area contributed by atoms with Crippen LogP contribution in [0.2, 0.25) is 5.02 Å². The van der Waals surface area contributed by atoms with Crippen molar-refractivity contribution in [2.24, 2.45) is 0 Å². The molecule has 0 unspecified atom stereocenters. The summed E-state index contributed by atoms with van der Waals surface area (Å²) in [4.78, 5) is 26.7. The van der Waals surface area contributed by atoms with Gasteiger partial charge in [-0.1, -0.05) is 11.6 Å². The number of ether oxygens (including phenoxy) is 2. The molecule has 2 aromatic rings. The van der Waals surface area contributed by atoms with E-state index in [1.54, 1.807) is 42.5 Å². The highest BCUT2D eigenvalue weighted by Crippen LogP contribution is 2.29. The van der Waals surface area contributed by atoms with E-state index in [1.807, 2.05) is 11.8 Å². The molecule has 1 N–H and O–H groups in total. The van der Waals surface area contributed by atoms with Crippen molar-refractivity contribution in [2.75, 3.05) is 31.6 Å². The molecular weight excluding hydrogens is 392 g/mol. The first-order valence-electron chi connectivity index (χ1n) is 9.81. The van der Waals surface area contributed by atoms with Crippen LogP contribution in [0, 0.1) is 0 Å². The van der Waals surface area contributed by atoms with E-state index in [9.17, 15) is 9.59 Å². The number of hydrogen-bond acceptors (Lipinski definition) is 4. The highest BCUT2D eigenvalue weighted by Gasteiger charge is 2.18. The maximum absolute atomic E-state index is 12.5. The molecule has 0 radical (unpaired) electrons. The van der Waals surface area contributed by atoms with Crippen molar-refractivity contribution in [2.45, 2.75) is 26.2 Å². The molecule has 0 aliphatic carbocycles. The van der Waals surface area contributed by atoms with Crippen LogP contribution < -0.4 is 14.8 Å². The van der Waals surface area contributed by atoms with Crippen molar-refractivity contribution < 1.29 is 19.1 Å². The number of rotatable bonds is 7. The summed E-state index contributed by atoms with van der Waals surface area (Å²) in [6.07, 6.45) is 3.24. The molecule has 1 fully saturated rings. The number of likely N-dealkylation sites (tertiary alicyclic amines) is 1. The SMILES string of the molecule is CCOc1cc(C(=O)Nc2ccc(Cl)cc2)ccc1OCC(=O)N1CCCCC1. The zero-order valence-electron chi connectivity index (χ0n) is 16.4. The van der Waals surface area contributed by atoms with Crippen molar-refractivity contribution in [3.8, 4) is 11.5 Å². The van der Waals surface area contributed by atoms with Gasteiger partial charge in [-0.2, -0.15) is 0 Å². The van der Waals surface area contributed by atoms with Crippen molar-refractivity contribution in [3.05, 3.63) is 53.1 Å². The predicted octanol–water partition coefficient (Wildman–Crippen LogP) is 4.38. The van der Waals surface area contributed by atoms with Crippen molar-refractivity contribution in [1.82, 2.24) is 4.90 Å². The van der Waals surface area contributed by atoms with Crippen molar-refractivity contribution in [3.63, 3.8) is 0 Å². The van der Waals surface area contributed by atoms with Gasteiger partial charge < -0.3 is 19.7 Å². The number of nitrogens with one attached hydrogen (secondary N) is 1. The number of carbonyl (C=O) groups excluding carboxylic acids is 2. The lowest BCUT2D eigenvalue weighted by molar-refractivity contribution is -0.134. The van der Waals surface area contributed by atoms with Crippen LogP contribution in [0.25, 0.3) is 0 Å². The Bertz CT molecular complexity index is 848. The summed E-state index contributed by atoms with van der Waals surface area (Å²) >= 11 is 5.87.